The molecule has 0 radical (unpaired) electrons. The number of aryl methyl sites for hydroxylation is 6. The average molecular weight is 1320 g/mol. The third kappa shape index (κ3) is 8.57. The first-order valence-corrected chi connectivity index (χ1v) is 36.0. The molecule has 21 rings (SSSR count). The van der Waals surface area contributed by atoms with Crippen LogP contribution in [-0.2, 0) is 0 Å². The summed E-state index contributed by atoms with van der Waals surface area (Å²) < 4.78 is 15.1. The van der Waals surface area contributed by atoms with Crippen LogP contribution >= 0.6 is 0 Å². The van der Waals surface area contributed by atoms with Crippen molar-refractivity contribution in [2.75, 3.05) is 0 Å². The van der Waals surface area contributed by atoms with Crippen LogP contribution in [-0.4, -0.2) is 34.1 Å². The number of nitrogens with zero attached hydrogens (tertiary/aromatic N) is 6. The van der Waals surface area contributed by atoms with Crippen molar-refractivity contribution in [2.45, 2.75) is 41.5 Å². The van der Waals surface area contributed by atoms with Crippen molar-refractivity contribution >= 4 is 154 Å². The van der Waals surface area contributed by atoms with Gasteiger partial charge in [-0.3, -0.25) is 0 Å². The van der Waals surface area contributed by atoms with E-state index in [9.17, 15) is 0 Å². The second kappa shape index (κ2) is 22.3. The van der Waals surface area contributed by atoms with Gasteiger partial charge in [0.25, 0.3) is 0 Å². The molecule has 0 saturated heterocycles. The molecule has 103 heavy (non-hydrogen) atoms. The van der Waals surface area contributed by atoms with E-state index in [1.165, 1.54) is 159 Å². The SMILES string of the molecule is Cc1cc(C)c(B(c2cc(-n3c4ccccc4c4c3ccc3c5ccccc5n(-c5ccc6c(c5)c5ccccc5n6-c5ccccc5)c34)cc(-n3c4ccccc4c4c3ccc3c5ccccc5n(-c5ccc6c(c5)c5ccccc5n6-c5ccccc5)c34)c2)c2c(C)cc(C)cc2C)c(C)c1. The minimum atomic E-state index is -0.130. The lowest BCUT2D eigenvalue weighted by molar-refractivity contribution is 1.14. The van der Waals surface area contributed by atoms with Gasteiger partial charge in [0.15, 0.2) is 0 Å². The number of hydrogen-bond donors (Lipinski definition) is 0. The van der Waals surface area contributed by atoms with Crippen molar-refractivity contribution in [3.8, 4) is 34.1 Å². The minimum absolute atomic E-state index is 0.130. The van der Waals surface area contributed by atoms with Crippen molar-refractivity contribution in [1.29, 1.82) is 0 Å². The minimum Gasteiger partial charge on any atom is -0.309 e. The molecule has 6 heterocycles. The third-order valence-corrected chi connectivity index (χ3v) is 22.6. The molecular weight excluding hydrogens is 1250 g/mol. The second-order valence-electron chi connectivity index (χ2n) is 28.7. The topological polar surface area (TPSA) is 29.6 Å². The molecule has 6 nitrogen and oxygen atoms in total. The van der Waals surface area contributed by atoms with E-state index in [0.717, 1.165) is 56.2 Å². The van der Waals surface area contributed by atoms with Gasteiger partial charge < -0.3 is 27.4 Å². The summed E-state index contributed by atoms with van der Waals surface area (Å²) in [5.74, 6) is 0. The lowest BCUT2D eigenvalue weighted by atomic mass is 9.34. The van der Waals surface area contributed by atoms with E-state index in [0.29, 0.717) is 0 Å². The summed E-state index contributed by atoms with van der Waals surface area (Å²) in [6, 6.07) is 117. The quantitative estimate of drug-likeness (QED) is 0.129. The normalized spacial score (nSPS) is 12.2. The van der Waals surface area contributed by atoms with Crippen LogP contribution in [0.4, 0.5) is 0 Å². The first-order chi connectivity index (χ1) is 50.6. The zero-order valence-electron chi connectivity index (χ0n) is 58.2. The molecule has 0 atom stereocenters. The number of rotatable bonds is 9. The zero-order valence-corrected chi connectivity index (χ0v) is 58.2. The molecule has 7 heteroatoms. The van der Waals surface area contributed by atoms with E-state index in [-0.39, 0.29) is 6.71 Å². The number of fused-ring (bicyclic) bond motifs is 20. The van der Waals surface area contributed by atoms with Gasteiger partial charge in [0.05, 0.1) is 66.2 Å². The molecule has 0 aliphatic carbocycles. The van der Waals surface area contributed by atoms with Gasteiger partial charge in [0.2, 0.25) is 6.71 Å². The largest absolute Gasteiger partial charge is 0.309 e. The summed E-state index contributed by atoms with van der Waals surface area (Å²) in [4.78, 5) is 0. The molecule has 0 bridgehead atoms. The monoisotopic (exact) mass is 1320 g/mol. The first-order valence-electron chi connectivity index (χ1n) is 36.0. The van der Waals surface area contributed by atoms with Crippen LogP contribution < -0.4 is 16.4 Å². The van der Waals surface area contributed by atoms with Gasteiger partial charge in [0.1, 0.15) is 0 Å². The maximum Gasteiger partial charge on any atom is 0.242 e. The fourth-order valence-corrected chi connectivity index (χ4v) is 18.8. The molecule has 0 spiro atoms. The summed E-state index contributed by atoms with van der Waals surface area (Å²) in [5, 5.41) is 14.6. The molecule has 0 unspecified atom stereocenters. The summed E-state index contributed by atoms with van der Waals surface area (Å²) in [7, 11) is 0. The highest BCUT2D eigenvalue weighted by atomic mass is 15.1. The highest BCUT2D eigenvalue weighted by Gasteiger charge is 2.32. The number of para-hydroxylation sites is 8. The smallest absolute Gasteiger partial charge is 0.242 e. The van der Waals surface area contributed by atoms with E-state index in [2.05, 4.69) is 378 Å². The van der Waals surface area contributed by atoms with Crippen LogP contribution in [0.3, 0.4) is 0 Å². The summed E-state index contributed by atoms with van der Waals surface area (Å²) in [5.41, 5.74) is 32.4. The Hall–Kier alpha value is -12.8. The first kappa shape index (κ1) is 59.1. The van der Waals surface area contributed by atoms with E-state index >= 15 is 0 Å². The molecule has 0 aliphatic rings. The fourth-order valence-electron chi connectivity index (χ4n) is 18.8. The predicted molar refractivity (Wildman–Crippen MR) is 438 cm³/mol. The Labute approximate surface area is 596 Å². The van der Waals surface area contributed by atoms with Crippen LogP contribution in [0, 0.1) is 41.5 Å². The lowest BCUT2D eigenvalue weighted by Gasteiger charge is -2.26. The Morgan fingerprint density at radius 3 is 0.864 bits per heavy atom. The Kier molecular flexibility index (Phi) is 12.8. The molecule has 6 aromatic heterocycles. The van der Waals surface area contributed by atoms with Crippen LogP contribution in [0.25, 0.3) is 165 Å². The molecule has 0 fully saturated rings. The van der Waals surface area contributed by atoms with Gasteiger partial charge in [0, 0.05) is 98.8 Å². The summed E-state index contributed by atoms with van der Waals surface area (Å²) in [6.07, 6.45) is 0. The molecule has 0 saturated carbocycles. The van der Waals surface area contributed by atoms with Crippen molar-refractivity contribution in [1.82, 2.24) is 27.4 Å². The standard InChI is InChI=1S/C96H69BN6/c1-58-49-60(3)93(61(4)50-58)97(94-62(5)51-59(2)52-63(94)6)64-53-69(100-85-39-23-17-33-77(85)91-89(100)47-43-75-71-29-13-21-37-83(71)102(95(75)91)67-41-45-87-79(56-67)73-31-15-19-35-81(73)98(87)65-25-9-7-10-26-65)55-70(54-64)101-86-40-24-18-34-78(86)92-90(101)48-44-76-72-30-14-22-38-84(72)103(96(76)92)68-42-46-88-80(57-68)74-32-16-20-36-82(74)99(88)66-27-11-8-12-28-66/h7-57H,1-6H3. The molecule has 0 N–H and O–H groups in total. The molecule has 21 aromatic rings. The molecular formula is C96H69BN6. The predicted octanol–water partition coefficient (Wildman–Crippen LogP) is 22.6. The molecule has 0 aliphatic heterocycles. The lowest BCUT2D eigenvalue weighted by Crippen LogP contribution is -2.56. The van der Waals surface area contributed by atoms with Gasteiger partial charge in [-0.1, -0.05) is 232 Å². The van der Waals surface area contributed by atoms with Crippen LogP contribution in [0.15, 0.2) is 309 Å². The van der Waals surface area contributed by atoms with E-state index in [1.54, 1.807) is 0 Å². The highest BCUT2D eigenvalue weighted by molar-refractivity contribution is 6.96. The van der Waals surface area contributed by atoms with Crippen LogP contribution in [0.1, 0.15) is 33.4 Å². The van der Waals surface area contributed by atoms with E-state index < -0.39 is 0 Å². The maximum absolute atomic E-state index is 2.59. The molecule has 486 valence electrons. The van der Waals surface area contributed by atoms with Crippen molar-refractivity contribution in [2.24, 2.45) is 0 Å². The van der Waals surface area contributed by atoms with Crippen molar-refractivity contribution < 1.29 is 0 Å². The van der Waals surface area contributed by atoms with Gasteiger partial charge in [-0.25, -0.2) is 0 Å². The Morgan fingerprint density at radius 2 is 0.485 bits per heavy atom. The number of benzene rings is 15. The fraction of sp³-hybridized carbons (Fsp3) is 0.0625. The van der Waals surface area contributed by atoms with E-state index in [1.807, 2.05) is 0 Å². The molecule has 0 amide bonds. The van der Waals surface area contributed by atoms with Crippen LogP contribution in [0.2, 0.25) is 0 Å². The van der Waals surface area contributed by atoms with Crippen LogP contribution in [0.5, 0.6) is 0 Å². The Morgan fingerprint density at radius 1 is 0.194 bits per heavy atom. The second-order valence-corrected chi connectivity index (χ2v) is 28.7. The highest BCUT2D eigenvalue weighted by Crippen LogP contribution is 2.47. The third-order valence-electron chi connectivity index (χ3n) is 22.6. The molecule has 15 aromatic carbocycles. The van der Waals surface area contributed by atoms with Gasteiger partial charge in [-0.2, -0.15) is 0 Å². The van der Waals surface area contributed by atoms with Crippen molar-refractivity contribution in [3.63, 3.8) is 0 Å². The Bertz CT molecular complexity index is 6720. The average Bonchev–Trinajstić information content (AvgIpc) is 1.55. The maximum atomic E-state index is 2.59. The zero-order chi connectivity index (χ0) is 68.6. The van der Waals surface area contributed by atoms with Gasteiger partial charge in [-0.05, 0) is 169 Å². The number of aromatic nitrogens is 6. The Balaban J connectivity index is 0.864. The van der Waals surface area contributed by atoms with E-state index in [4.69, 9.17) is 0 Å². The van der Waals surface area contributed by atoms with Gasteiger partial charge in [-0.15, -0.1) is 0 Å². The van der Waals surface area contributed by atoms with Crippen molar-refractivity contribution in [3.05, 3.63) is 343 Å². The van der Waals surface area contributed by atoms with Gasteiger partial charge >= 0.3 is 0 Å². The number of hydrogen-bond acceptors (Lipinski definition) is 0. The summed E-state index contributed by atoms with van der Waals surface area (Å²) >= 11 is 0. The summed E-state index contributed by atoms with van der Waals surface area (Å²) in [6.45, 7) is 13.7.